The number of amides is 1. The summed E-state index contributed by atoms with van der Waals surface area (Å²) in [5.74, 6) is -0.144. The molecule has 4 rings (SSSR count). The Morgan fingerprint density at radius 3 is 2.41 bits per heavy atom. The van der Waals surface area contributed by atoms with Crippen LogP contribution in [0.1, 0.15) is 10.4 Å². The van der Waals surface area contributed by atoms with Gasteiger partial charge in [0.25, 0.3) is 5.91 Å². The summed E-state index contributed by atoms with van der Waals surface area (Å²) in [6, 6.07) is 16.0. The summed E-state index contributed by atoms with van der Waals surface area (Å²) < 4.78 is 24.3. The van der Waals surface area contributed by atoms with E-state index in [1.54, 1.807) is 23.6 Å². The zero-order valence-electron chi connectivity index (χ0n) is 15.7. The number of thiazole rings is 1. The van der Waals surface area contributed by atoms with Gasteiger partial charge in [0.1, 0.15) is 5.75 Å². The number of rotatable bonds is 5. The summed E-state index contributed by atoms with van der Waals surface area (Å²) in [6.07, 6.45) is 0. The Morgan fingerprint density at radius 1 is 1.00 bits per heavy atom. The molecule has 0 fully saturated rings. The Labute approximate surface area is 170 Å². The molecule has 0 atom stereocenters. The monoisotopic (exact) mass is 408 g/mol. The molecule has 0 saturated carbocycles. The number of hydrogen-bond acceptors (Lipinski definition) is 5. The summed E-state index contributed by atoms with van der Waals surface area (Å²) in [5.41, 5.74) is 1.58. The fraction of sp³-hybridized carbons (Fsp3) is 0.0909. The molecule has 1 aromatic heterocycles. The second-order valence-electron chi connectivity index (χ2n) is 6.24. The lowest BCUT2D eigenvalue weighted by Crippen LogP contribution is -2.13. The number of aromatic nitrogens is 1. The van der Waals surface area contributed by atoms with Gasteiger partial charge in [-0.3, -0.25) is 10.1 Å². The lowest BCUT2D eigenvalue weighted by atomic mass is 10.1. The van der Waals surface area contributed by atoms with E-state index < -0.39 is 5.82 Å². The Hall–Kier alpha value is -3.45. The van der Waals surface area contributed by atoms with Crippen molar-refractivity contribution in [3.05, 3.63) is 71.4 Å². The number of carbonyl (C=O) groups is 1. The number of anilines is 1. The maximum atomic E-state index is 14.0. The van der Waals surface area contributed by atoms with Gasteiger partial charge < -0.3 is 9.47 Å². The van der Waals surface area contributed by atoms with Crippen molar-refractivity contribution in [3.63, 3.8) is 0 Å². The van der Waals surface area contributed by atoms with Gasteiger partial charge in [0.2, 0.25) is 0 Å². The maximum absolute atomic E-state index is 14.0. The third-order valence-corrected chi connectivity index (χ3v) is 5.24. The molecular formula is C22H17FN2O3S. The molecule has 0 saturated heterocycles. The molecule has 4 aromatic rings. The number of nitrogens with one attached hydrogen (secondary N) is 1. The van der Waals surface area contributed by atoms with E-state index in [0.29, 0.717) is 27.7 Å². The minimum absolute atomic E-state index is 0.168. The van der Waals surface area contributed by atoms with Crippen molar-refractivity contribution in [2.45, 2.75) is 0 Å². The minimum Gasteiger partial charge on any atom is -0.496 e. The van der Waals surface area contributed by atoms with Crippen molar-refractivity contribution < 1.29 is 18.7 Å². The molecular weight excluding hydrogens is 391 g/mol. The average Bonchev–Trinajstić information content (AvgIpc) is 3.21. The molecule has 29 heavy (non-hydrogen) atoms. The third kappa shape index (κ3) is 3.77. The molecule has 1 amide bonds. The summed E-state index contributed by atoms with van der Waals surface area (Å²) >= 11 is 1.26. The molecule has 146 valence electrons. The first-order valence-corrected chi connectivity index (χ1v) is 9.64. The molecule has 0 radical (unpaired) electrons. The largest absolute Gasteiger partial charge is 0.496 e. The summed E-state index contributed by atoms with van der Waals surface area (Å²) in [4.78, 5) is 17.2. The number of benzene rings is 3. The lowest BCUT2D eigenvalue weighted by molar-refractivity contribution is 0.102. The number of methoxy groups -OCH3 is 2. The van der Waals surface area contributed by atoms with Gasteiger partial charge in [0.15, 0.2) is 16.7 Å². The molecule has 0 aliphatic heterocycles. The summed E-state index contributed by atoms with van der Waals surface area (Å²) in [5, 5.41) is 6.89. The fourth-order valence-electron chi connectivity index (χ4n) is 3.02. The van der Waals surface area contributed by atoms with Gasteiger partial charge in [-0.15, -0.1) is 11.3 Å². The number of ether oxygens (including phenoxy) is 2. The van der Waals surface area contributed by atoms with Gasteiger partial charge in [0, 0.05) is 10.9 Å². The van der Waals surface area contributed by atoms with E-state index in [1.165, 1.54) is 31.6 Å². The first kappa shape index (κ1) is 18.9. The van der Waals surface area contributed by atoms with Crippen LogP contribution in [0, 0.1) is 5.82 Å². The topological polar surface area (TPSA) is 60.5 Å². The van der Waals surface area contributed by atoms with Crippen LogP contribution >= 0.6 is 11.3 Å². The van der Waals surface area contributed by atoms with Crippen molar-refractivity contribution in [2.24, 2.45) is 0 Å². The van der Waals surface area contributed by atoms with Crippen LogP contribution in [0.3, 0.4) is 0 Å². The van der Waals surface area contributed by atoms with E-state index in [-0.39, 0.29) is 11.7 Å². The predicted octanol–water partition coefficient (Wildman–Crippen LogP) is 5.37. The smallest absolute Gasteiger partial charge is 0.261 e. The standard InChI is InChI=1S/C22H17FN2O3S/c1-27-19-8-7-15(10-17(19)23)18-12-29-22(24-18)25-21(26)16-9-13-5-3-4-6-14(13)11-20(16)28-2/h3-12H,1-2H3,(H,24,25,26). The average molecular weight is 408 g/mol. The first-order chi connectivity index (χ1) is 14.1. The molecule has 5 nitrogen and oxygen atoms in total. The second-order valence-corrected chi connectivity index (χ2v) is 7.10. The molecule has 0 bridgehead atoms. The number of halogens is 1. The molecule has 0 spiro atoms. The minimum atomic E-state index is -0.468. The molecule has 0 aliphatic carbocycles. The van der Waals surface area contributed by atoms with Crippen LogP contribution in [0.4, 0.5) is 9.52 Å². The highest BCUT2D eigenvalue weighted by Crippen LogP contribution is 2.30. The Kier molecular flexibility index (Phi) is 5.14. The van der Waals surface area contributed by atoms with Crippen molar-refractivity contribution in [2.75, 3.05) is 19.5 Å². The van der Waals surface area contributed by atoms with E-state index in [1.807, 2.05) is 30.3 Å². The second kappa shape index (κ2) is 7.89. The van der Waals surface area contributed by atoms with Crippen LogP contribution < -0.4 is 14.8 Å². The Bertz CT molecular complexity index is 1210. The van der Waals surface area contributed by atoms with Crippen LogP contribution in [0.5, 0.6) is 11.5 Å². The van der Waals surface area contributed by atoms with Crippen LogP contribution in [0.15, 0.2) is 60.0 Å². The van der Waals surface area contributed by atoms with Gasteiger partial charge in [0.05, 0.1) is 25.5 Å². The number of nitrogens with zero attached hydrogens (tertiary/aromatic N) is 1. The van der Waals surface area contributed by atoms with Crippen LogP contribution in [-0.4, -0.2) is 25.1 Å². The zero-order valence-corrected chi connectivity index (χ0v) is 16.5. The summed E-state index contributed by atoms with van der Waals surface area (Å²) in [7, 11) is 2.94. The van der Waals surface area contributed by atoms with E-state index >= 15 is 0 Å². The molecule has 7 heteroatoms. The van der Waals surface area contributed by atoms with Gasteiger partial charge in [-0.25, -0.2) is 9.37 Å². The highest BCUT2D eigenvalue weighted by atomic mass is 32.1. The van der Waals surface area contributed by atoms with Crippen LogP contribution in [0.25, 0.3) is 22.0 Å². The molecule has 0 unspecified atom stereocenters. The van der Waals surface area contributed by atoms with Gasteiger partial charge >= 0.3 is 0 Å². The highest BCUT2D eigenvalue weighted by Gasteiger charge is 2.16. The van der Waals surface area contributed by atoms with Crippen LogP contribution in [-0.2, 0) is 0 Å². The first-order valence-electron chi connectivity index (χ1n) is 8.76. The van der Waals surface area contributed by atoms with Crippen molar-refractivity contribution in [3.8, 4) is 22.8 Å². The van der Waals surface area contributed by atoms with Crippen molar-refractivity contribution in [1.82, 2.24) is 4.98 Å². The fourth-order valence-corrected chi connectivity index (χ4v) is 3.73. The zero-order chi connectivity index (χ0) is 20.4. The Morgan fingerprint density at radius 2 is 1.72 bits per heavy atom. The van der Waals surface area contributed by atoms with E-state index in [2.05, 4.69) is 10.3 Å². The molecule has 3 aromatic carbocycles. The molecule has 1 N–H and O–H groups in total. The molecule has 0 aliphatic rings. The van der Waals surface area contributed by atoms with Crippen molar-refractivity contribution >= 4 is 33.1 Å². The highest BCUT2D eigenvalue weighted by molar-refractivity contribution is 7.14. The number of fused-ring (bicyclic) bond motifs is 1. The van der Waals surface area contributed by atoms with Gasteiger partial charge in [-0.1, -0.05) is 24.3 Å². The van der Waals surface area contributed by atoms with E-state index in [9.17, 15) is 9.18 Å². The SMILES string of the molecule is COc1ccc(-c2csc(NC(=O)c3cc4ccccc4cc3OC)n2)cc1F. The lowest BCUT2D eigenvalue weighted by Gasteiger charge is -2.10. The van der Waals surface area contributed by atoms with E-state index in [0.717, 1.165) is 10.8 Å². The normalized spacial score (nSPS) is 10.7. The number of carbonyl (C=O) groups excluding carboxylic acids is 1. The molecule has 1 heterocycles. The van der Waals surface area contributed by atoms with Gasteiger partial charge in [-0.05, 0) is 41.1 Å². The maximum Gasteiger partial charge on any atom is 0.261 e. The van der Waals surface area contributed by atoms with Crippen LogP contribution in [0.2, 0.25) is 0 Å². The predicted molar refractivity (Wildman–Crippen MR) is 113 cm³/mol. The van der Waals surface area contributed by atoms with Gasteiger partial charge in [-0.2, -0.15) is 0 Å². The van der Waals surface area contributed by atoms with E-state index in [4.69, 9.17) is 9.47 Å². The quantitative estimate of drug-likeness (QED) is 0.482. The Balaban J connectivity index is 1.60. The number of hydrogen-bond donors (Lipinski definition) is 1. The van der Waals surface area contributed by atoms with Crippen molar-refractivity contribution in [1.29, 1.82) is 0 Å². The third-order valence-electron chi connectivity index (χ3n) is 4.48. The summed E-state index contributed by atoms with van der Waals surface area (Å²) in [6.45, 7) is 0.